The molecule has 1 atom stereocenters. The smallest absolute Gasteiger partial charge is 0.215 e. The predicted molar refractivity (Wildman–Crippen MR) is 101 cm³/mol. The maximum atomic E-state index is 14.0. The van der Waals surface area contributed by atoms with Gasteiger partial charge in [0.2, 0.25) is 5.88 Å². The van der Waals surface area contributed by atoms with E-state index < -0.39 is 15.5 Å². The number of hydrogen-bond acceptors (Lipinski definition) is 6. The molecular formula is C16H16FN5OS2. The zero-order chi connectivity index (χ0) is 18.0. The highest BCUT2D eigenvalue weighted by atomic mass is 32.8. The summed E-state index contributed by atoms with van der Waals surface area (Å²) < 4.78 is 19.1. The topological polar surface area (TPSA) is 99.1 Å². The van der Waals surface area contributed by atoms with Crippen molar-refractivity contribution in [2.45, 2.75) is 11.4 Å². The van der Waals surface area contributed by atoms with E-state index in [0.29, 0.717) is 34.3 Å². The molecule has 0 aliphatic heterocycles. The van der Waals surface area contributed by atoms with Crippen LogP contribution in [0.15, 0.2) is 41.4 Å². The molecule has 3 rings (SSSR count). The lowest BCUT2D eigenvalue weighted by atomic mass is 10.2. The minimum absolute atomic E-state index is 0.337. The van der Waals surface area contributed by atoms with Crippen molar-refractivity contribution in [3.05, 3.63) is 47.9 Å². The van der Waals surface area contributed by atoms with E-state index in [1.807, 2.05) is 6.07 Å². The van der Waals surface area contributed by atoms with Crippen LogP contribution in [-0.4, -0.2) is 17.1 Å². The van der Waals surface area contributed by atoms with E-state index in [-0.39, 0.29) is 0 Å². The highest BCUT2D eigenvalue weighted by molar-refractivity contribution is 8.27. The Morgan fingerprint density at radius 1 is 1.32 bits per heavy atom. The fourth-order valence-corrected chi connectivity index (χ4v) is 3.25. The molecule has 2 aromatic heterocycles. The molecule has 1 aromatic carbocycles. The Morgan fingerprint density at radius 2 is 2.12 bits per heavy atom. The van der Waals surface area contributed by atoms with Gasteiger partial charge in [0, 0.05) is 18.0 Å². The second kappa shape index (κ2) is 7.26. The van der Waals surface area contributed by atoms with Crippen LogP contribution >= 0.6 is 0 Å². The summed E-state index contributed by atoms with van der Waals surface area (Å²) >= 11 is 4.92. The number of fused-ring (bicyclic) bond motifs is 1. The van der Waals surface area contributed by atoms with E-state index in [4.69, 9.17) is 26.8 Å². The lowest BCUT2D eigenvalue weighted by Gasteiger charge is -2.13. The number of methoxy groups -OCH3 is 1. The Bertz CT molecular complexity index is 967. The molecule has 3 aromatic rings. The summed E-state index contributed by atoms with van der Waals surface area (Å²) in [5.74, 6) is 0.0635. The molecule has 130 valence electrons. The van der Waals surface area contributed by atoms with E-state index >= 15 is 0 Å². The Kier molecular flexibility index (Phi) is 5.07. The molecule has 9 heteroatoms. The number of nitrogens with one attached hydrogen (secondary N) is 1. The minimum atomic E-state index is -1.02. The number of aromatic nitrogens is 2. The van der Waals surface area contributed by atoms with E-state index in [2.05, 4.69) is 15.3 Å². The van der Waals surface area contributed by atoms with E-state index in [0.717, 1.165) is 10.9 Å². The average Bonchev–Trinajstić information content (AvgIpc) is 2.60. The number of anilines is 2. The second-order valence-corrected chi connectivity index (χ2v) is 7.34. The van der Waals surface area contributed by atoms with Gasteiger partial charge in [-0.3, -0.25) is 5.14 Å². The molecule has 5 N–H and O–H groups in total. The average molecular weight is 377 g/mol. The van der Waals surface area contributed by atoms with E-state index in [1.54, 1.807) is 18.2 Å². The van der Waals surface area contributed by atoms with Crippen LogP contribution < -0.4 is 20.9 Å². The molecular weight excluding hydrogens is 361 g/mol. The van der Waals surface area contributed by atoms with Crippen LogP contribution in [0.3, 0.4) is 0 Å². The number of benzene rings is 1. The van der Waals surface area contributed by atoms with Crippen LogP contribution in [0.1, 0.15) is 5.56 Å². The quantitative estimate of drug-likeness (QED) is 0.627. The SMILES string of the molecule is COc1ccc2c(NCc3ccc(S(N)=S)c(F)c3)c(N)cnc2n1. The molecule has 25 heavy (non-hydrogen) atoms. The number of nitrogens with zero attached hydrogens (tertiary/aromatic N) is 2. The Labute approximate surface area is 151 Å². The molecule has 0 saturated carbocycles. The number of nitrogens with two attached hydrogens (primary N) is 2. The number of nitrogen functional groups attached to an aromatic ring is 1. The summed E-state index contributed by atoms with van der Waals surface area (Å²) in [4.78, 5) is 8.83. The van der Waals surface area contributed by atoms with Crippen LogP contribution in [0.25, 0.3) is 11.0 Å². The van der Waals surface area contributed by atoms with Gasteiger partial charge in [0.1, 0.15) is 5.82 Å². The number of pyridine rings is 2. The minimum Gasteiger partial charge on any atom is -0.481 e. The molecule has 0 saturated heterocycles. The molecule has 1 unspecified atom stereocenters. The van der Waals surface area contributed by atoms with E-state index in [9.17, 15) is 4.39 Å². The second-order valence-electron chi connectivity index (χ2n) is 5.23. The standard InChI is InChI=1S/C16H16FN5OS2/c1-23-14-5-3-10-15(12(18)8-21-16(10)22-14)20-7-9-2-4-13(25(19)24)11(17)6-9/h2-6,8H,7,18-19H2,1H3,(H,20,21,22). The van der Waals surface area contributed by atoms with Crippen LogP contribution in [-0.2, 0) is 27.4 Å². The molecule has 0 fully saturated rings. The van der Waals surface area contributed by atoms with Crippen molar-refractivity contribution in [1.29, 1.82) is 0 Å². The summed E-state index contributed by atoms with van der Waals surface area (Å²) in [7, 11) is 0.515. The van der Waals surface area contributed by atoms with E-state index in [1.165, 1.54) is 19.4 Å². The maximum Gasteiger partial charge on any atom is 0.215 e. The van der Waals surface area contributed by atoms with Gasteiger partial charge in [0.05, 0.1) is 29.6 Å². The lowest BCUT2D eigenvalue weighted by molar-refractivity contribution is 0.399. The van der Waals surface area contributed by atoms with Crippen molar-refractivity contribution in [2.24, 2.45) is 5.14 Å². The highest BCUT2D eigenvalue weighted by Crippen LogP contribution is 2.28. The Hall–Kier alpha value is -2.36. The van der Waals surface area contributed by atoms with Crippen LogP contribution in [0, 0.1) is 5.82 Å². The molecule has 2 heterocycles. The predicted octanol–water partition coefficient (Wildman–Crippen LogP) is 2.28. The Morgan fingerprint density at radius 3 is 2.80 bits per heavy atom. The van der Waals surface area contributed by atoms with Gasteiger partial charge in [0.15, 0.2) is 5.65 Å². The first-order valence-corrected chi connectivity index (χ1v) is 9.48. The maximum absolute atomic E-state index is 14.0. The van der Waals surface area contributed by atoms with Crippen molar-refractivity contribution in [3.8, 4) is 5.88 Å². The van der Waals surface area contributed by atoms with Crippen LogP contribution in [0.5, 0.6) is 5.88 Å². The van der Waals surface area contributed by atoms with Crippen molar-refractivity contribution >= 4 is 43.2 Å². The third-order valence-electron chi connectivity index (χ3n) is 3.62. The molecule has 0 bridgehead atoms. The van der Waals surface area contributed by atoms with Gasteiger partial charge in [-0.2, -0.15) is 4.98 Å². The Balaban J connectivity index is 1.89. The molecule has 0 radical (unpaired) electrons. The fraction of sp³-hybridized carbons (Fsp3) is 0.125. The first-order chi connectivity index (χ1) is 12.0. The molecule has 0 spiro atoms. The number of halogens is 1. The summed E-state index contributed by atoms with van der Waals surface area (Å²) in [6, 6.07) is 8.37. The highest BCUT2D eigenvalue weighted by Gasteiger charge is 2.10. The van der Waals surface area contributed by atoms with Crippen LogP contribution in [0.4, 0.5) is 15.8 Å². The van der Waals surface area contributed by atoms with Crippen LogP contribution in [0.2, 0.25) is 0 Å². The summed E-state index contributed by atoms with van der Waals surface area (Å²) in [6.45, 7) is 0.377. The summed E-state index contributed by atoms with van der Waals surface area (Å²) in [5, 5.41) is 9.56. The monoisotopic (exact) mass is 377 g/mol. The summed E-state index contributed by atoms with van der Waals surface area (Å²) in [6.07, 6.45) is 1.53. The van der Waals surface area contributed by atoms with Gasteiger partial charge in [-0.1, -0.05) is 6.07 Å². The van der Waals surface area contributed by atoms with Gasteiger partial charge in [-0.15, -0.1) is 0 Å². The van der Waals surface area contributed by atoms with Gasteiger partial charge in [-0.25, -0.2) is 9.37 Å². The molecule has 0 amide bonds. The number of rotatable bonds is 5. The fourth-order valence-electron chi connectivity index (χ4n) is 2.39. The van der Waals surface area contributed by atoms with Gasteiger partial charge in [-0.05, 0) is 44.6 Å². The van der Waals surface area contributed by atoms with Gasteiger partial charge >= 0.3 is 0 Å². The summed E-state index contributed by atoms with van der Waals surface area (Å²) in [5.41, 5.74) is 8.44. The largest absolute Gasteiger partial charge is 0.481 e. The third-order valence-corrected chi connectivity index (χ3v) is 4.93. The van der Waals surface area contributed by atoms with Crippen molar-refractivity contribution in [3.63, 3.8) is 0 Å². The zero-order valence-electron chi connectivity index (χ0n) is 13.3. The normalized spacial score (nSPS) is 12.1. The molecule has 6 nitrogen and oxygen atoms in total. The molecule has 0 aliphatic rings. The number of hydrogen-bond donors (Lipinski definition) is 3. The van der Waals surface area contributed by atoms with Crippen molar-refractivity contribution in [2.75, 3.05) is 18.2 Å². The first kappa shape index (κ1) is 17.5. The number of ether oxygens (including phenoxy) is 1. The lowest BCUT2D eigenvalue weighted by Crippen LogP contribution is -2.07. The molecule has 0 aliphatic carbocycles. The van der Waals surface area contributed by atoms with Crippen molar-refractivity contribution < 1.29 is 9.13 Å². The third kappa shape index (κ3) is 3.68. The van der Waals surface area contributed by atoms with Gasteiger partial charge in [0.25, 0.3) is 0 Å². The van der Waals surface area contributed by atoms with Crippen molar-refractivity contribution in [1.82, 2.24) is 9.97 Å². The van der Waals surface area contributed by atoms with Gasteiger partial charge < -0.3 is 15.8 Å². The zero-order valence-corrected chi connectivity index (χ0v) is 15.0. The first-order valence-electron chi connectivity index (χ1n) is 7.27.